The fourth-order valence-corrected chi connectivity index (χ4v) is 3.15. The normalized spacial score (nSPS) is 13.8. The van der Waals surface area contributed by atoms with Crippen molar-refractivity contribution in [1.29, 1.82) is 0 Å². The van der Waals surface area contributed by atoms with Gasteiger partial charge < -0.3 is 11.1 Å². The Morgan fingerprint density at radius 1 is 1.24 bits per heavy atom. The summed E-state index contributed by atoms with van der Waals surface area (Å²) in [5.74, 6) is 1.71. The molecule has 1 fully saturated rings. The van der Waals surface area contributed by atoms with Crippen LogP contribution >= 0.6 is 11.8 Å². The van der Waals surface area contributed by atoms with Gasteiger partial charge in [-0.1, -0.05) is 30.0 Å². The zero-order valence-corrected chi connectivity index (χ0v) is 14.4. The molecule has 0 radical (unpaired) electrons. The molecule has 1 saturated carbocycles. The van der Waals surface area contributed by atoms with Gasteiger partial charge in [0.25, 0.3) is 0 Å². The number of aryl methyl sites for hydroxylation is 1. The minimum Gasteiger partial charge on any atom is -0.368 e. The molecule has 25 heavy (non-hydrogen) atoms. The van der Waals surface area contributed by atoms with Crippen LogP contribution in [0.1, 0.15) is 30.3 Å². The number of hydrogen-bond acceptors (Lipinski definition) is 9. The van der Waals surface area contributed by atoms with Crippen molar-refractivity contribution in [1.82, 2.24) is 35.2 Å². The number of nitrogens with two attached hydrogens (primary N) is 1. The van der Waals surface area contributed by atoms with Gasteiger partial charge >= 0.3 is 0 Å². The van der Waals surface area contributed by atoms with Gasteiger partial charge in [-0.25, -0.2) is 4.68 Å². The summed E-state index contributed by atoms with van der Waals surface area (Å²) >= 11 is 1.49. The Labute approximate surface area is 148 Å². The third kappa shape index (κ3) is 3.68. The minimum absolute atomic E-state index is 0.184. The first kappa shape index (κ1) is 15.8. The van der Waals surface area contributed by atoms with Crippen LogP contribution in [0.25, 0.3) is 0 Å². The van der Waals surface area contributed by atoms with Crippen LogP contribution < -0.4 is 11.1 Å². The molecule has 1 aliphatic carbocycles. The fourth-order valence-electron chi connectivity index (χ4n) is 2.35. The van der Waals surface area contributed by atoms with E-state index in [2.05, 4.69) is 35.8 Å². The first-order valence-corrected chi connectivity index (χ1v) is 8.91. The maximum absolute atomic E-state index is 5.83. The number of para-hydroxylation sites is 1. The molecule has 0 amide bonds. The Kier molecular flexibility index (Phi) is 4.18. The summed E-state index contributed by atoms with van der Waals surface area (Å²) in [7, 11) is 0. The van der Waals surface area contributed by atoms with Gasteiger partial charge in [0, 0.05) is 5.69 Å². The van der Waals surface area contributed by atoms with E-state index in [4.69, 9.17) is 5.73 Å². The minimum atomic E-state index is 0.184. The molecule has 2 heterocycles. The number of thioether (sulfide) groups is 1. The Balaban J connectivity index is 1.49. The number of tetrazole rings is 1. The number of nitrogens with one attached hydrogen (secondary N) is 1. The lowest BCUT2D eigenvalue weighted by atomic mass is 10.2. The molecule has 1 aliphatic rings. The summed E-state index contributed by atoms with van der Waals surface area (Å²) in [6, 6.07) is 8.34. The van der Waals surface area contributed by atoms with Crippen LogP contribution in [0.5, 0.6) is 0 Å². The van der Waals surface area contributed by atoms with Crippen molar-refractivity contribution in [2.24, 2.45) is 0 Å². The maximum Gasteiger partial charge on any atom is 0.232 e. The van der Waals surface area contributed by atoms with Gasteiger partial charge in [0.2, 0.25) is 17.1 Å². The standard InChI is InChI=1S/C15H17N9S/c1-9-4-2-3-5-11(9)17-14-19-12(18-13(16)20-14)8-25-15-21-22-23-24(15)10-6-7-10/h2-5,10H,6-8H2,1H3,(H3,16,17,18,19,20). The highest BCUT2D eigenvalue weighted by Gasteiger charge is 2.28. The van der Waals surface area contributed by atoms with Crippen LogP contribution in [0.4, 0.5) is 17.6 Å². The van der Waals surface area contributed by atoms with Crippen molar-refractivity contribution in [3.63, 3.8) is 0 Å². The van der Waals surface area contributed by atoms with Gasteiger partial charge in [0.05, 0.1) is 11.8 Å². The second kappa shape index (κ2) is 6.63. The molecule has 10 heteroatoms. The Morgan fingerprint density at radius 2 is 2.08 bits per heavy atom. The van der Waals surface area contributed by atoms with Gasteiger partial charge in [-0.2, -0.15) is 15.0 Å². The van der Waals surface area contributed by atoms with Crippen molar-refractivity contribution in [2.45, 2.75) is 36.7 Å². The molecule has 0 bridgehead atoms. The van der Waals surface area contributed by atoms with E-state index in [1.165, 1.54) is 11.8 Å². The number of benzene rings is 1. The first-order valence-electron chi connectivity index (χ1n) is 7.93. The summed E-state index contributed by atoms with van der Waals surface area (Å²) in [5, 5.41) is 15.8. The number of nitrogen functional groups attached to an aromatic ring is 1. The third-order valence-electron chi connectivity index (χ3n) is 3.78. The second-order valence-electron chi connectivity index (χ2n) is 5.80. The van der Waals surface area contributed by atoms with Crippen molar-refractivity contribution in [2.75, 3.05) is 11.1 Å². The summed E-state index contributed by atoms with van der Waals surface area (Å²) in [5.41, 5.74) is 7.86. The first-order chi connectivity index (χ1) is 12.2. The van der Waals surface area contributed by atoms with E-state index in [0.29, 0.717) is 23.6 Å². The van der Waals surface area contributed by atoms with E-state index < -0.39 is 0 Å². The molecular formula is C15H17N9S. The molecule has 0 aliphatic heterocycles. The van der Waals surface area contributed by atoms with E-state index in [-0.39, 0.29) is 5.95 Å². The molecule has 3 aromatic rings. The van der Waals surface area contributed by atoms with Crippen molar-refractivity contribution >= 4 is 29.3 Å². The molecule has 9 nitrogen and oxygen atoms in total. The van der Waals surface area contributed by atoms with Gasteiger partial charge in [-0.05, 0) is 41.8 Å². The topological polar surface area (TPSA) is 120 Å². The van der Waals surface area contributed by atoms with E-state index >= 15 is 0 Å². The fraction of sp³-hybridized carbons (Fsp3) is 0.333. The summed E-state index contributed by atoms with van der Waals surface area (Å²) in [6.45, 7) is 2.02. The van der Waals surface area contributed by atoms with Crippen LogP contribution in [0.15, 0.2) is 29.4 Å². The molecule has 128 valence electrons. The maximum atomic E-state index is 5.83. The lowest BCUT2D eigenvalue weighted by molar-refractivity contribution is 0.565. The Bertz CT molecular complexity index is 890. The van der Waals surface area contributed by atoms with E-state index in [0.717, 1.165) is 29.2 Å². The van der Waals surface area contributed by atoms with E-state index in [9.17, 15) is 0 Å². The Morgan fingerprint density at radius 3 is 2.88 bits per heavy atom. The zero-order valence-electron chi connectivity index (χ0n) is 13.6. The lowest BCUT2D eigenvalue weighted by Crippen LogP contribution is -2.07. The summed E-state index contributed by atoms with van der Waals surface area (Å²) in [6.07, 6.45) is 2.25. The highest BCUT2D eigenvalue weighted by Crippen LogP contribution is 2.36. The molecule has 0 saturated heterocycles. The quantitative estimate of drug-likeness (QED) is 0.640. The van der Waals surface area contributed by atoms with Gasteiger partial charge in [0.15, 0.2) is 0 Å². The van der Waals surface area contributed by atoms with Crippen LogP contribution in [0.2, 0.25) is 0 Å². The zero-order chi connectivity index (χ0) is 17.2. The molecule has 1 aromatic carbocycles. The Hall–Kier alpha value is -2.75. The highest BCUT2D eigenvalue weighted by molar-refractivity contribution is 7.98. The smallest absolute Gasteiger partial charge is 0.232 e. The van der Waals surface area contributed by atoms with Crippen LogP contribution in [0.3, 0.4) is 0 Å². The number of anilines is 3. The average molecular weight is 355 g/mol. The van der Waals surface area contributed by atoms with Crippen molar-refractivity contribution < 1.29 is 0 Å². The van der Waals surface area contributed by atoms with Gasteiger partial charge in [-0.3, -0.25) is 0 Å². The number of aromatic nitrogens is 7. The monoisotopic (exact) mass is 355 g/mol. The molecule has 2 aromatic heterocycles. The number of hydrogen-bond donors (Lipinski definition) is 2. The molecule has 0 unspecified atom stereocenters. The van der Waals surface area contributed by atoms with Gasteiger partial charge in [-0.15, -0.1) is 5.10 Å². The molecule has 0 atom stereocenters. The van der Waals surface area contributed by atoms with E-state index in [1.54, 1.807) is 0 Å². The van der Waals surface area contributed by atoms with E-state index in [1.807, 2.05) is 35.9 Å². The SMILES string of the molecule is Cc1ccccc1Nc1nc(N)nc(CSc2nnnn2C2CC2)n1. The summed E-state index contributed by atoms with van der Waals surface area (Å²) in [4.78, 5) is 12.8. The van der Waals surface area contributed by atoms with Gasteiger partial charge in [0.1, 0.15) is 5.82 Å². The predicted molar refractivity (Wildman–Crippen MR) is 94.4 cm³/mol. The third-order valence-corrected chi connectivity index (χ3v) is 4.71. The summed E-state index contributed by atoms with van der Waals surface area (Å²) < 4.78 is 1.86. The predicted octanol–water partition coefficient (Wildman–Crippen LogP) is 2.12. The molecule has 0 spiro atoms. The lowest BCUT2D eigenvalue weighted by Gasteiger charge is -2.09. The van der Waals surface area contributed by atoms with Crippen LogP contribution in [-0.4, -0.2) is 35.2 Å². The number of nitrogens with zero attached hydrogens (tertiary/aromatic N) is 7. The second-order valence-corrected chi connectivity index (χ2v) is 6.74. The highest BCUT2D eigenvalue weighted by atomic mass is 32.2. The van der Waals surface area contributed by atoms with Crippen LogP contribution in [0, 0.1) is 6.92 Å². The largest absolute Gasteiger partial charge is 0.368 e. The van der Waals surface area contributed by atoms with Crippen molar-refractivity contribution in [3.05, 3.63) is 35.7 Å². The molecule has 4 rings (SSSR count). The molecular weight excluding hydrogens is 338 g/mol. The van der Waals surface area contributed by atoms with Crippen LogP contribution in [-0.2, 0) is 5.75 Å². The average Bonchev–Trinajstić information content (AvgIpc) is 3.33. The van der Waals surface area contributed by atoms with Crippen molar-refractivity contribution in [3.8, 4) is 0 Å². The molecule has 3 N–H and O–H groups in total. The number of rotatable bonds is 6.